The van der Waals surface area contributed by atoms with Crippen molar-refractivity contribution in [3.8, 4) is 0 Å². The summed E-state index contributed by atoms with van der Waals surface area (Å²) in [5, 5.41) is 0. The van der Waals surface area contributed by atoms with Crippen LogP contribution in [0.3, 0.4) is 0 Å². The maximum atomic E-state index is 10.8. The molecule has 0 bridgehead atoms. The molecule has 0 aliphatic heterocycles. The molecule has 1 unspecified atom stereocenters. The molecule has 0 radical (unpaired) electrons. The van der Waals surface area contributed by atoms with Gasteiger partial charge in [0.1, 0.15) is 0 Å². The number of benzene rings is 1. The van der Waals surface area contributed by atoms with Crippen molar-refractivity contribution in [3.63, 3.8) is 0 Å². The van der Waals surface area contributed by atoms with Crippen molar-refractivity contribution in [2.75, 3.05) is 19.5 Å². The van der Waals surface area contributed by atoms with Crippen LogP contribution in [0.5, 0.6) is 0 Å². The third kappa shape index (κ3) is 9.18. The summed E-state index contributed by atoms with van der Waals surface area (Å²) in [5.74, 6) is 0.709. The minimum atomic E-state index is -1.67. The quantitative estimate of drug-likeness (QED) is 0.673. The molecule has 0 aliphatic carbocycles. The summed E-state index contributed by atoms with van der Waals surface area (Å²) >= 11 is 0. The van der Waals surface area contributed by atoms with Gasteiger partial charge in [0.15, 0.2) is 0 Å². The minimum absolute atomic E-state index is 0.709. The van der Waals surface area contributed by atoms with Gasteiger partial charge in [-0.2, -0.15) is 0 Å². The van der Waals surface area contributed by atoms with Crippen LogP contribution in [0.2, 0.25) is 0 Å². The Morgan fingerprint density at radius 3 is 1.94 bits per heavy atom. The maximum Gasteiger partial charge on any atom is 0.0819 e. The molecule has 1 nitrogen and oxygen atoms in total. The molecular formula is C15H27OP. The fourth-order valence-electron chi connectivity index (χ4n) is 1.56. The van der Waals surface area contributed by atoms with E-state index in [0.717, 1.165) is 12.6 Å². The lowest BCUT2D eigenvalue weighted by molar-refractivity contribution is 0.581. The Hall–Kier alpha value is -0.550. The topological polar surface area (TPSA) is 17.1 Å². The molecule has 1 rings (SSSR count). The summed E-state index contributed by atoms with van der Waals surface area (Å²) in [6.07, 6.45) is 3.17. The molecule has 0 N–H and O–H groups in total. The average molecular weight is 254 g/mol. The summed E-state index contributed by atoms with van der Waals surface area (Å²) in [5.41, 5.74) is 1.45. The van der Waals surface area contributed by atoms with Gasteiger partial charge in [0.25, 0.3) is 0 Å². The van der Waals surface area contributed by atoms with Crippen molar-refractivity contribution in [2.24, 2.45) is 0 Å². The van der Waals surface area contributed by atoms with Gasteiger partial charge < -0.3 is 4.57 Å². The van der Waals surface area contributed by atoms with Gasteiger partial charge in [0.2, 0.25) is 0 Å². The SMILES string of the molecule is CCC(C)c1ccccc1.CCCP(C)(C)=O. The monoisotopic (exact) mass is 254 g/mol. The van der Waals surface area contributed by atoms with Crippen LogP contribution >= 0.6 is 7.14 Å². The first-order valence-corrected chi connectivity index (χ1v) is 9.28. The standard InChI is InChI=1S/C10H14.C5H13OP/c1-3-9(2)10-7-5-4-6-8-10;1-4-5-7(2,3)6/h4-9H,3H2,1-2H3;4-5H2,1-3H3. The number of rotatable bonds is 4. The van der Waals surface area contributed by atoms with Crippen LogP contribution in [0.25, 0.3) is 0 Å². The molecule has 2 heteroatoms. The molecule has 0 amide bonds. The first-order valence-electron chi connectivity index (χ1n) is 6.49. The first kappa shape index (κ1) is 16.4. The van der Waals surface area contributed by atoms with E-state index in [1.54, 1.807) is 0 Å². The molecule has 0 spiro atoms. The van der Waals surface area contributed by atoms with Gasteiger partial charge in [-0.05, 0) is 37.7 Å². The molecule has 0 fully saturated rings. The third-order valence-electron chi connectivity index (χ3n) is 2.74. The second-order valence-corrected chi connectivity index (χ2v) is 8.61. The number of hydrogen-bond acceptors (Lipinski definition) is 1. The summed E-state index contributed by atoms with van der Waals surface area (Å²) in [4.78, 5) is 0. The molecule has 17 heavy (non-hydrogen) atoms. The van der Waals surface area contributed by atoms with E-state index in [4.69, 9.17) is 0 Å². The van der Waals surface area contributed by atoms with Crippen molar-refractivity contribution in [3.05, 3.63) is 35.9 Å². The largest absolute Gasteiger partial charge is 0.324 e. The van der Waals surface area contributed by atoms with E-state index in [1.165, 1.54) is 12.0 Å². The molecule has 0 heterocycles. The Labute approximate surface area is 107 Å². The van der Waals surface area contributed by atoms with Gasteiger partial charge in [-0.1, -0.05) is 51.1 Å². The first-order chi connectivity index (χ1) is 7.90. The van der Waals surface area contributed by atoms with E-state index in [0.29, 0.717) is 5.92 Å². The van der Waals surface area contributed by atoms with Crippen molar-refractivity contribution in [1.29, 1.82) is 0 Å². The third-order valence-corrected chi connectivity index (χ3v) is 4.27. The van der Waals surface area contributed by atoms with E-state index in [-0.39, 0.29) is 0 Å². The van der Waals surface area contributed by atoms with Gasteiger partial charge in [-0.15, -0.1) is 0 Å². The molecule has 0 aliphatic rings. The summed E-state index contributed by atoms with van der Waals surface area (Å²) < 4.78 is 10.8. The van der Waals surface area contributed by atoms with Crippen LogP contribution in [-0.4, -0.2) is 19.5 Å². The van der Waals surface area contributed by atoms with Gasteiger partial charge in [0, 0.05) is 6.16 Å². The molecular weight excluding hydrogens is 227 g/mol. The highest BCUT2D eigenvalue weighted by Crippen LogP contribution is 2.35. The lowest BCUT2D eigenvalue weighted by Gasteiger charge is -2.06. The van der Waals surface area contributed by atoms with Gasteiger partial charge >= 0.3 is 0 Å². The van der Waals surface area contributed by atoms with Crippen LogP contribution in [-0.2, 0) is 4.57 Å². The van der Waals surface area contributed by atoms with E-state index in [9.17, 15) is 4.57 Å². The van der Waals surface area contributed by atoms with Crippen molar-refractivity contribution >= 4 is 7.14 Å². The van der Waals surface area contributed by atoms with Crippen molar-refractivity contribution in [2.45, 2.75) is 39.5 Å². The lowest BCUT2D eigenvalue weighted by Crippen LogP contribution is -1.88. The molecule has 98 valence electrons. The predicted molar refractivity (Wildman–Crippen MR) is 79.8 cm³/mol. The van der Waals surface area contributed by atoms with E-state index in [2.05, 4.69) is 51.1 Å². The normalized spacial score (nSPS) is 12.5. The average Bonchev–Trinajstić information content (AvgIpc) is 2.28. The van der Waals surface area contributed by atoms with Crippen LogP contribution < -0.4 is 0 Å². The summed E-state index contributed by atoms with van der Waals surface area (Å²) in [6, 6.07) is 10.6. The summed E-state index contributed by atoms with van der Waals surface area (Å²) in [6.45, 7) is 10.2. The van der Waals surface area contributed by atoms with Crippen LogP contribution in [0.1, 0.15) is 45.1 Å². The highest BCUT2D eigenvalue weighted by molar-refractivity contribution is 7.62. The van der Waals surface area contributed by atoms with Crippen LogP contribution in [0.15, 0.2) is 30.3 Å². The van der Waals surface area contributed by atoms with Gasteiger partial charge in [-0.25, -0.2) is 0 Å². The fourth-order valence-corrected chi connectivity index (χ4v) is 2.63. The van der Waals surface area contributed by atoms with E-state index < -0.39 is 7.14 Å². The molecule has 1 atom stereocenters. The summed E-state index contributed by atoms with van der Waals surface area (Å²) in [7, 11) is -1.67. The Kier molecular flexibility index (Phi) is 8.25. The zero-order valence-corrected chi connectivity index (χ0v) is 12.8. The molecule has 1 aromatic rings. The second kappa shape index (κ2) is 8.53. The Morgan fingerprint density at radius 2 is 1.65 bits per heavy atom. The van der Waals surface area contributed by atoms with E-state index in [1.807, 2.05) is 13.3 Å². The van der Waals surface area contributed by atoms with Crippen molar-refractivity contribution in [1.82, 2.24) is 0 Å². The lowest BCUT2D eigenvalue weighted by atomic mass is 9.99. The fraction of sp³-hybridized carbons (Fsp3) is 0.600. The molecule has 0 saturated carbocycles. The van der Waals surface area contributed by atoms with E-state index >= 15 is 0 Å². The molecule has 1 aromatic carbocycles. The minimum Gasteiger partial charge on any atom is -0.324 e. The van der Waals surface area contributed by atoms with Crippen molar-refractivity contribution < 1.29 is 4.57 Å². The van der Waals surface area contributed by atoms with Gasteiger partial charge in [0.05, 0.1) is 7.14 Å². The predicted octanol–water partition coefficient (Wildman–Crippen LogP) is 5.22. The maximum absolute atomic E-state index is 10.8. The van der Waals surface area contributed by atoms with Gasteiger partial charge in [-0.3, -0.25) is 0 Å². The highest BCUT2D eigenvalue weighted by atomic mass is 31.2. The van der Waals surface area contributed by atoms with Crippen LogP contribution in [0, 0.1) is 0 Å². The number of hydrogen-bond donors (Lipinski definition) is 0. The Balaban J connectivity index is 0.000000325. The highest BCUT2D eigenvalue weighted by Gasteiger charge is 2.02. The molecule has 0 aromatic heterocycles. The second-order valence-electron chi connectivity index (χ2n) is 5.02. The molecule has 0 saturated heterocycles. The Bertz CT molecular complexity index is 326. The Morgan fingerprint density at radius 1 is 1.12 bits per heavy atom. The zero-order valence-electron chi connectivity index (χ0n) is 11.9. The zero-order chi connectivity index (χ0) is 13.3. The van der Waals surface area contributed by atoms with Crippen LogP contribution in [0.4, 0.5) is 0 Å². The smallest absolute Gasteiger partial charge is 0.0819 e.